The quantitative estimate of drug-likeness (QED) is 0.214. The molecular formula is C34H29ClF4N10O5. The summed E-state index contributed by atoms with van der Waals surface area (Å²) < 4.78 is 62.8. The highest BCUT2D eigenvalue weighted by Crippen LogP contribution is 2.34. The normalized spacial score (nSPS) is 13.6. The fourth-order valence-corrected chi connectivity index (χ4v) is 6.54. The monoisotopic (exact) mass is 768 g/mol. The summed E-state index contributed by atoms with van der Waals surface area (Å²) in [5.41, 5.74) is -0.813. The molecule has 0 saturated carbocycles. The Labute approximate surface area is 306 Å². The van der Waals surface area contributed by atoms with Gasteiger partial charge in [0.1, 0.15) is 24.1 Å². The number of aryl methyl sites for hydroxylation is 2. The fraction of sp³-hybridized carbons (Fsp3) is 0.294. The Balaban J connectivity index is 1.28. The second kappa shape index (κ2) is 13.7. The maximum Gasteiger partial charge on any atom is 0.416 e. The number of hydrogen-bond acceptors (Lipinski definition) is 11. The van der Waals surface area contributed by atoms with E-state index in [9.17, 15) is 32.7 Å². The van der Waals surface area contributed by atoms with Crippen LogP contribution < -0.4 is 15.8 Å². The number of aromatic nitrogens is 7. The molecule has 0 spiro atoms. The molecule has 5 heterocycles. The van der Waals surface area contributed by atoms with Crippen LogP contribution in [0.2, 0.25) is 5.02 Å². The first-order chi connectivity index (χ1) is 25.6. The lowest BCUT2D eigenvalue weighted by atomic mass is 10.2. The molecule has 2 amide bonds. The minimum absolute atomic E-state index is 0.00331. The summed E-state index contributed by atoms with van der Waals surface area (Å²) in [4.78, 5) is 60.8. The number of anilines is 2. The molecule has 280 valence electrons. The van der Waals surface area contributed by atoms with Gasteiger partial charge in [0.2, 0.25) is 11.7 Å². The fourth-order valence-electron chi connectivity index (χ4n) is 6.31. The number of nitrogens with one attached hydrogen (secondary N) is 1. The third kappa shape index (κ3) is 6.54. The Morgan fingerprint density at radius 3 is 2.48 bits per heavy atom. The Bertz CT molecular complexity index is 2540. The second-order valence-corrected chi connectivity index (χ2v) is 12.8. The van der Waals surface area contributed by atoms with Gasteiger partial charge < -0.3 is 29.2 Å². The molecule has 0 unspecified atom stereocenters. The Morgan fingerprint density at radius 2 is 1.80 bits per heavy atom. The second-order valence-electron chi connectivity index (χ2n) is 12.4. The molecule has 54 heavy (non-hydrogen) atoms. The van der Waals surface area contributed by atoms with Gasteiger partial charge in [-0.05, 0) is 43.7 Å². The van der Waals surface area contributed by atoms with Crippen LogP contribution in [0.3, 0.4) is 0 Å². The summed E-state index contributed by atoms with van der Waals surface area (Å²) in [5, 5.41) is 17.0. The van der Waals surface area contributed by atoms with Gasteiger partial charge in [-0.2, -0.15) is 22.7 Å². The van der Waals surface area contributed by atoms with E-state index in [1.165, 1.54) is 28.8 Å². The molecule has 2 aromatic carbocycles. The molecule has 20 heteroatoms. The van der Waals surface area contributed by atoms with Gasteiger partial charge in [-0.15, -0.1) is 5.10 Å². The van der Waals surface area contributed by atoms with Crippen molar-refractivity contribution in [3.05, 3.63) is 86.4 Å². The van der Waals surface area contributed by atoms with Crippen LogP contribution in [0.1, 0.15) is 40.3 Å². The van der Waals surface area contributed by atoms with Crippen molar-refractivity contribution in [2.24, 2.45) is 0 Å². The van der Waals surface area contributed by atoms with Gasteiger partial charge in [-0.1, -0.05) is 18.5 Å². The number of amides is 2. The molecule has 0 atom stereocenters. The third-order valence-electron chi connectivity index (χ3n) is 8.94. The number of nitrogens with zero attached hydrogens (tertiary/aromatic N) is 9. The van der Waals surface area contributed by atoms with Gasteiger partial charge in [0.05, 0.1) is 27.7 Å². The van der Waals surface area contributed by atoms with Crippen LogP contribution in [0.25, 0.3) is 28.3 Å². The van der Waals surface area contributed by atoms with Crippen molar-refractivity contribution in [3.8, 4) is 17.1 Å². The first-order valence-corrected chi connectivity index (χ1v) is 16.8. The minimum atomic E-state index is -4.65. The lowest BCUT2D eigenvalue weighted by molar-refractivity contribution is -0.137. The van der Waals surface area contributed by atoms with Crippen molar-refractivity contribution in [2.75, 3.05) is 36.4 Å². The molecule has 1 fully saturated rings. The number of fused-ring (bicyclic) bond motifs is 2. The predicted octanol–water partition coefficient (Wildman–Crippen LogP) is 4.79. The average Bonchev–Trinajstić information content (AvgIpc) is 3.75. The van der Waals surface area contributed by atoms with Gasteiger partial charge >= 0.3 is 6.18 Å². The summed E-state index contributed by atoms with van der Waals surface area (Å²) in [6.07, 6.45) is -3.28. The zero-order valence-electron chi connectivity index (χ0n) is 28.7. The maximum absolute atomic E-state index is 15.1. The maximum atomic E-state index is 15.1. The van der Waals surface area contributed by atoms with E-state index >= 15 is 4.39 Å². The molecule has 0 aliphatic carbocycles. The van der Waals surface area contributed by atoms with E-state index in [-0.39, 0.29) is 100 Å². The van der Waals surface area contributed by atoms with E-state index in [0.29, 0.717) is 11.8 Å². The van der Waals surface area contributed by atoms with E-state index in [1.807, 2.05) is 0 Å². The van der Waals surface area contributed by atoms with Gasteiger partial charge in [0, 0.05) is 38.7 Å². The number of rotatable bonds is 7. The van der Waals surface area contributed by atoms with E-state index in [1.54, 1.807) is 18.7 Å². The minimum Gasteiger partial charge on any atom is -0.504 e. The van der Waals surface area contributed by atoms with Crippen LogP contribution in [-0.2, 0) is 23.9 Å². The lowest BCUT2D eigenvalue weighted by Gasteiger charge is -2.36. The van der Waals surface area contributed by atoms with Crippen LogP contribution in [0.5, 0.6) is 5.75 Å². The van der Waals surface area contributed by atoms with Crippen molar-refractivity contribution >= 4 is 51.7 Å². The Hall–Kier alpha value is -6.11. The van der Waals surface area contributed by atoms with Gasteiger partial charge in [0.25, 0.3) is 11.5 Å². The van der Waals surface area contributed by atoms with Crippen LogP contribution in [0, 0.1) is 19.7 Å². The number of hydrogen-bond donors (Lipinski definition) is 2. The molecule has 2 N–H and O–H groups in total. The first kappa shape index (κ1) is 36.3. The number of carbonyl (C=O) groups is 2. The number of alkyl halides is 3. The summed E-state index contributed by atoms with van der Waals surface area (Å²) in [6.45, 7) is 4.94. The molecule has 0 bridgehead atoms. The smallest absolute Gasteiger partial charge is 0.416 e. The van der Waals surface area contributed by atoms with E-state index in [2.05, 4.69) is 30.4 Å². The highest BCUT2D eigenvalue weighted by molar-refractivity contribution is 6.33. The largest absolute Gasteiger partial charge is 0.504 e. The van der Waals surface area contributed by atoms with Crippen molar-refractivity contribution in [1.82, 2.24) is 39.0 Å². The van der Waals surface area contributed by atoms with Gasteiger partial charge in [-0.3, -0.25) is 14.4 Å². The van der Waals surface area contributed by atoms with Crippen LogP contribution in [0.4, 0.5) is 28.9 Å². The van der Waals surface area contributed by atoms with Crippen LogP contribution in [-0.4, -0.2) is 82.1 Å². The van der Waals surface area contributed by atoms with E-state index in [0.717, 1.165) is 22.7 Å². The molecule has 1 aliphatic heterocycles. The standard InChI is InChI=1S/C34H29ClF4N10O5/c1-4-23-28(46-7-9-47(10-8-46)31(52)27-29(51)16(2)40-15-41-27)32(53)49-33(44-30(45-49)18-11-21(36)26-24(12-18)54-17(3)42-26)48(23)14-25(50)43-22-6-5-19(13-20(22)35)34(37,38)39/h5-6,11-13,15,51H,4,7-10,14H2,1-3H3,(H,43,50). The Kier molecular flexibility index (Phi) is 9.20. The number of halogens is 5. The average molecular weight is 769 g/mol. The van der Waals surface area contributed by atoms with Crippen molar-refractivity contribution in [2.45, 2.75) is 39.9 Å². The van der Waals surface area contributed by atoms with Gasteiger partial charge in [0.15, 0.2) is 34.6 Å². The molecule has 1 saturated heterocycles. The van der Waals surface area contributed by atoms with Gasteiger partial charge in [-0.25, -0.2) is 19.3 Å². The highest BCUT2D eigenvalue weighted by Gasteiger charge is 2.32. The van der Waals surface area contributed by atoms with Crippen LogP contribution in [0.15, 0.2) is 45.9 Å². The highest BCUT2D eigenvalue weighted by atomic mass is 35.5. The summed E-state index contributed by atoms with van der Waals surface area (Å²) >= 11 is 6.11. The van der Waals surface area contributed by atoms with E-state index < -0.39 is 41.5 Å². The molecule has 6 aromatic rings. The number of carbonyl (C=O) groups excluding carboxylic acids is 2. The van der Waals surface area contributed by atoms with Crippen molar-refractivity contribution < 1.29 is 36.7 Å². The predicted molar refractivity (Wildman–Crippen MR) is 186 cm³/mol. The molecular weight excluding hydrogens is 740 g/mol. The molecule has 15 nitrogen and oxygen atoms in total. The molecule has 4 aromatic heterocycles. The summed E-state index contributed by atoms with van der Waals surface area (Å²) in [5.74, 6) is -2.21. The number of piperazine rings is 1. The summed E-state index contributed by atoms with van der Waals surface area (Å²) in [7, 11) is 0. The third-order valence-corrected chi connectivity index (χ3v) is 9.25. The van der Waals surface area contributed by atoms with Crippen LogP contribution >= 0.6 is 11.6 Å². The zero-order valence-corrected chi connectivity index (χ0v) is 29.5. The topological polar surface area (TPSA) is 177 Å². The SMILES string of the molecule is CCc1c(N2CCN(C(=O)c3ncnc(C)c3O)CC2)c(=O)n2nc(-c3cc(F)c4nc(C)oc4c3)nc2n1CC(=O)Nc1ccc(C(F)(F)F)cc1Cl. The number of oxazole rings is 1. The zero-order chi connectivity index (χ0) is 38.6. The van der Waals surface area contributed by atoms with E-state index in [4.69, 9.17) is 16.0 Å². The number of aromatic hydroxyl groups is 1. The lowest BCUT2D eigenvalue weighted by Crippen LogP contribution is -2.51. The Morgan fingerprint density at radius 1 is 1.06 bits per heavy atom. The number of benzene rings is 2. The first-order valence-electron chi connectivity index (χ1n) is 16.5. The molecule has 7 rings (SSSR count). The van der Waals surface area contributed by atoms with Crippen molar-refractivity contribution in [3.63, 3.8) is 0 Å². The van der Waals surface area contributed by atoms with Crippen molar-refractivity contribution in [1.29, 1.82) is 0 Å². The molecule has 0 radical (unpaired) electrons. The molecule has 1 aliphatic rings. The summed E-state index contributed by atoms with van der Waals surface area (Å²) in [6, 6.07) is 5.12.